The second kappa shape index (κ2) is 4.21. The fourth-order valence-corrected chi connectivity index (χ4v) is 1.68. The van der Waals surface area contributed by atoms with Gasteiger partial charge in [0, 0.05) is 11.6 Å². The molecule has 0 saturated heterocycles. The zero-order chi connectivity index (χ0) is 11.1. The third-order valence-corrected chi connectivity index (χ3v) is 2.41. The van der Waals surface area contributed by atoms with E-state index in [0.717, 1.165) is 10.9 Å². The minimum absolute atomic E-state index is 0. The summed E-state index contributed by atoms with van der Waals surface area (Å²) >= 11 is 0. The quantitative estimate of drug-likeness (QED) is 0.416. The smallest absolute Gasteiger partial charge is 0.543 e. The predicted molar refractivity (Wildman–Crippen MR) is 54.8 cm³/mol. The molecule has 0 unspecified atom stereocenters. The topological polar surface area (TPSA) is 70.3 Å². The summed E-state index contributed by atoms with van der Waals surface area (Å²) < 4.78 is 1.58. The summed E-state index contributed by atoms with van der Waals surface area (Å²) in [4.78, 5) is 18.9. The van der Waals surface area contributed by atoms with Gasteiger partial charge in [0.05, 0.1) is 11.5 Å². The van der Waals surface area contributed by atoms with Gasteiger partial charge in [0.1, 0.15) is 17.7 Å². The van der Waals surface area contributed by atoms with Gasteiger partial charge in [-0.2, -0.15) is 0 Å². The van der Waals surface area contributed by atoms with Crippen LogP contribution in [0.1, 0.15) is 10.5 Å². The van der Waals surface area contributed by atoms with Crippen molar-refractivity contribution < 1.29 is 28.8 Å². The number of rotatable bonds is 1. The van der Waals surface area contributed by atoms with Crippen molar-refractivity contribution in [3.05, 3.63) is 42.5 Å². The molecule has 0 amide bonds. The molecule has 3 rings (SSSR count). The average Bonchev–Trinajstić information content (AvgIpc) is 2.73. The molecular weight excluding hydrogens is 213 g/mol. The number of carboxylic acid groups (broad SMARTS) is 1. The van der Waals surface area contributed by atoms with Crippen LogP contribution in [0.5, 0.6) is 0 Å². The third-order valence-electron chi connectivity index (χ3n) is 2.41. The Hall–Kier alpha value is -1.83. The van der Waals surface area contributed by atoms with Gasteiger partial charge in [-0.1, -0.05) is 12.1 Å². The van der Waals surface area contributed by atoms with Crippen LogP contribution in [0.3, 0.4) is 0 Å². The Balaban J connectivity index is 0.00000108. The number of carbonyl (C=O) groups is 1. The van der Waals surface area contributed by atoms with E-state index < -0.39 is 5.97 Å². The first-order valence-corrected chi connectivity index (χ1v) is 4.69. The Morgan fingerprint density at radius 2 is 2.06 bits per heavy atom. The first-order chi connectivity index (χ1) is 7.75. The second-order valence-corrected chi connectivity index (χ2v) is 3.41. The van der Waals surface area contributed by atoms with Crippen LogP contribution in [-0.2, 0) is 0 Å². The molecule has 2 heterocycles. The van der Waals surface area contributed by atoms with Crippen molar-refractivity contribution in [2.75, 3.05) is 0 Å². The molecule has 0 fully saturated rings. The van der Waals surface area contributed by atoms with Crippen molar-refractivity contribution in [1.82, 2.24) is 14.4 Å². The molecule has 5 nitrogen and oxygen atoms in total. The Kier molecular flexibility index (Phi) is 2.88. The van der Waals surface area contributed by atoms with Crippen LogP contribution in [0.25, 0.3) is 16.6 Å². The molecule has 0 aliphatic carbocycles. The minimum Gasteiger partial charge on any atom is -0.543 e. The molecule has 0 atom stereocenters. The van der Waals surface area contributed by atoms with E-state index in [0.29, 0.717) is 5.65 Å². The van der Waals surface area contributed by atoms with Crippen molar-refractivity contribution in [3.8, 4) is 0 Å². The number of nitrogens with zero attached hydrogens (tertiary/aromatic N) is 3. The van der Waals surface area contributed by atoms with E-state index >= 15 is 0 Å². The van der Waals surface area contributed by atoms with Crippen molar-refractivity contribution in [1.29, 1.82) is 0 Å². The Labute approximate surface area is 108 Å². The first kappa shape index (κ1) is 11.6. The number of aromatic nitrogens is 3. The number of carboxylic acids is 1. The number of benzene rings is 1. The van der Waals surface area contributed by atoms with E-state index in [1.165, 1.54) is 12.5 Å². The van der Waals surface area contributed by atoms with Gasteiger partial charge >= 0.3 is 18.9 Å². The van der Waals surface area contributed by atoms with Gasteiger partial charge in [-0.25, -0.2) is 9.97 Å². The van der Waals surface area contributed by atoms with E-state index in [-0.39, 0.29) is 24.6 Å². The fourth-order valence-electron chi connectivity index (χ4n) is 1.68. The van der Waals surface area contributed by atoms with E-state index in [9.17, 15) is 9.90 Å². The number of carbonyl (C=O) groups excluding carboxylic acids is 1. The molecule has 0 saturated carbocycles. The molecule has 1 aromatic carbocycles. The minimum atomic E-state index is -1.28. The number of hydrogen-bond acceptors (Lipinski definition) is 4. The van der Waals surface area contributed by atoms with Crippen LogP contribution >= 0.6 is 0 Å². The Bertz CT molecular complexity index is 708. The van der Waals surface area contributed by atoms with E-state index in [1.54, 1.807) is 4.40 Å². The van der Waals surface area contributed by atoms with E-state index in [1.807, 2.05) is 24.3 Å². The molecule has 0 N–H and O–H groups in total. The molecule has 78 valence electrons. The van der Waals surface area contributed by atoms with Crippen LogP contribution < -0.4 is 24.0 Å². The SMILES string of the molecule is O=C([O-])c1cn2cnc3ccccc3c2n1.[Li+]. The van der Waals surface area contributed by atoms with Crippen LogP contribution in [0.2, 0.25) is 0 Å². The molecular formula is C11H6LiN3O2. The number of aromatic carboxylic acids is 1. The summed E-state index contributed by atoms with van der Waals surface area (Å²) in [6.07, 6.45) is 2.93. The molecule has 17 heavy (non-hydrogen) atoms. The first-order valence-electron chi connectivity index (χ1n) is 4.69. The maximum atomic E-state index is 10.7. The molecule has 0 radical (unpaired) electrons. The van der Waals surface area contributed by atoms with Gasteiger partial charge in [0.2, 0.25) is 0 Å². The maximum absolute atomic E-state index is 10.7. The summed E-state index contributed by atoms with van der Waals surface area (Å²) in [6, 6.07) is 7.43. The van der Waals surface area contributed by atoms with Gasteiger partial charge in [-0.05, 0) is 12.1 Å². The zero-order valence-corrected chi connectivity index (χ0v) is 9.12. The molecule has 3 aromatic rings. The van der Waals surface area contributed by atoms with Crippen molar-refractivity contribution in [2.45, 2.75) is 0 Å². The monoisotopic (exact) mass is 219 g/mol. The normalized spacial score (nSPS) is 10.4. The van der Waals surface area contributed by atoms with Gasteiger partial charge in [-0.3, -0.25) is 4.40 Å². The zero-order valence-electron chi connectivity index (χ0n) is 9.12. The Morgan fingerprint density at radius 1 is 1.29 bits per heavy atom. The van der Waals surface area contributed by atoms with Gasteiger partial charge in [0.25, 0.3) is 0 Å². The summed E-state index contributed by atoms with van der Waals surface area (Å²) in [5.74, 6) is -1.28. The molecule has 0 spiro atoms. The number of fused-ring (bicyclic) bond motifs is 3. The summed E-state index contributed by atoms with van der Waals surface area (Å²) in [5.41, 5.74) is 1.27. The van der Waals surface area contributed by atoms with Crippen molar-refractivity contribution in [3.63, 3.8) is 0 Å². The van der Waals surface area contributed by atoms with Crippen LogP contribution in [0.15, 0.2) is 36.8 Å². The largest absolute Gasteiger partial charge is 1.00 e. The molecule has 0 aliphatic heterocycles. The predicted octanol–water partition coefficient (Wildman–Crippen LogP) is -2.75. The van der Waals surface area contributed by atoms with Crippen LogP contribution in [-0.4, -0.2) is 20.3 Å². The van der Waals surface area contributed by atoms with E-state index in [2.05, 4.69) is 9.97 Å². The fraction of sp³-hybridized carbons (Fsp3) is 0. The van der Waals surface area contributed by atoms with Gasteiger partial charge < -0.3 is 9.90 Å². The second-order valence-electron chi connectivity index (χ2n) is 3.41. The maximum Gasteiger partial charge on any atom is 1.00 e. The van der Waals surface area contributed by atoms with Crippen molar-refractivity contribution >= 4 is 22.5 Å². The molecule has 0 aliphatic rings. The number of imidazole rings is 1. The van der Waals surface area contributed by atoms with Gasteiger partial charge in [-0.15, -0.1) is 0 Å². The summed E-state index contributed by atoms with van der Waals surface area (Å²) in [6.45, 7) is 0. The van der Waals surface area contributed by atoms with Crippen LogP contribution in [0.4, 0.5) is 0 Å². The average molecular weight is 219 g/mol. The summed E-state index contributed by atoms with van der Waals surface area (Å²) in [5, 5.41) is 11.5. The van der Waals surface area contributed by atoms with Crippen molar-refractivity contribution in [2.24, 2.45) is 0 Å². The molecule has 6 heteroatoms. The molecule has 0 bridgehead atoms. The standard InChI is InChI=1S/C11H7N3O2.Li/c15-11(16)9-5-14-6-12-8-4-2-1-3-7(8)10(14)13-9;/h1-6H,(H,15,16);/q;+1/p-1. The van der Waals surface area contributed by atoms with E-state index in [4.69, 9.17) is 0 Å². The number of para-hydroxylation sites is 1. The third kappa shape index (κ3) is 1.80. The van der Waals surface area contributed by atoms with Gasteiger partial charge in [0.15, 0.2) is 0 Å². The Morgan fingerprint density at radius 3 is 2.82 bits per heavy atom. The van der Waals surface area contributed by atoms with Crippen LogP contribution in [0, 0.1) is 0 Å². The summed E-state index contributed by atoms with van der Waals surface area (Å²) in [7, 11) is 0. The number of hydrogen-bond donors (Lipinski definition) is 0. The molecule has 2 aromatic heterocycles.